The second-order valence-corrected chi connectivity index (χ2v) is 4.72. The number of benzene rings is 1. The first-order chi connectivity index (χ1) is 8.67. The number of carbonyl (C=O) groups is 1. The van der Waals surface area contributed by atoms with Crippen LogP contribution >= 0.6 is 15.9 Å². The van der Waals surface area contributed by atoms with Crippen LogP contribution in [0.2, 0.25) is 0 Å². The SMILES string of the molecule is NCc1cnn(CC(=O)Nc2ccc(Br)cc2)c1. The number of nitrogens with two attached hydrogens (primary N) is 1. The highest BCUT2D eigenvalue weighted by Gasteiger charge is 2.04. The molecule has 0 saturated heterocycles. The summed E-state index contributed by atoms with van der Waals surface area (Å²) in [6, 6.07) is 7.40. The predicted molar refractivity (Wildman–Crippen MR) is 72.9 cm³/mol. The van der Waals surface area contributed by atoms with Crippen molar-refractivity contribution in [3.63, 3.8) is 0 Å². The van der Waals surface area contributed by atoms with Gasteiger partial charge in [0.15, 0.2) is 0 Å². The number of rotatable bonds is 4. The van der Waals surface area contributed by atoms with Crippen molar-refractivity contribution in [3.8, 4) is 0 Å². The summed E-state index contributed by atoms with van der Waals surface area (Å²) in [5.41, 5.74) is 7.14. The van der Waals surface area contributed by atoms with Gasteiger partial charge in [-0.05, 0) is 24.3 Å². The number of hydrogen-bond donors (Lipinski definition) is 2. The Morgan fingerprint density at radius 2 is 2.11 bits per heavy atom. The zero-order chi connectivity index (χ0) is 13.0. The normalized spacial score (nSPS) is 10.3. The monoisotopic (exact) mass is 308 g/mol. The van der Waals surface area contributed by atoms with Gasteiger partial charge in [0.05, 0.1) is 6.20 Å². The lowest BCUT2D eigenvalue weighted by Crippen LogP contribution is -2.18. The van der Waals surface area contributed by atoms with Crippen LogP contribution in [0.5, 0.6) is 0 Å². The number of anilines is 1. The standard InChI is InChI=1S/C12H13BrN4O/c13-10-1-3-11(4-2-10)16-12(18)8-17-7-9(5-14)6-15-17/h1-4,6-7H,5,8,14H2,(H,16,18). The van der Waals surface area contributed by atoms with Crippen molar-refractivity contribution in [3.05, 3.63) is 46.7 Å². The quantitative estimate of drug-likeness (QED) is 0.903. The highest BCUT2D eigenvalue weighted by atomic mass is 79.9. The molecule has 1 heterocycles. The van der Waals surface area contributed by atoms with Crippen molar-refractivity contribution in [1.82, 2.24) is 9.78 Å². The third-order valence-corrected chi connectivity index (χ3v) is 2.88. The van der Waals surface area contributed by atoms with E-state index in [2.05, 4.69) is 26.3 Å². The van der Waals surface area contributed by atoms with Crippen LogP contribution in [0.15, 0.2) is 41.1 Å². The van der Waals surface area contributed by atoms with Crippen molar-refractivity contribution in [2.75, 3.05) is 5.32 Å². The van der Waals surface area contributed by atoms with Crippen LogP contribution < -0.4 is 11.1 Å². The van der Waals surface area contributed by atoms with Gasteiger partial charge in [-0.2, -0.15) is 5.10 Å². The van der Waals surface area contributed by atoms with Crippen LogP contribution in [0, 0.1) is 0 Å². The Bertz CT molecular complexity index is 535. The minimum Gasteiger partial charge on any atom is -0.326 e. The first-order valence-electron chi connectivity index (χ1n) is 5.44. The van der Waals surface area contributed by atoms with Gasteiger partial charge in [0.25, 0.3) is 0 Å². The van der Waals surface area contributed by atoms with E-state index in [-0.39, 0.29) is 12.5 Å². The second-order valence-electron chi connectivity index (χ2n) is 3.81. The molecule has 0 spiro atoms. The average molecular weight is 309 g/mol. The third kappa shape index (κ3) is 3.41. The lowest BCUT2D eigenvalue weighted by atomic mass is 10.3. The van der Waals surface area contributed by atoms with Crippen molar-refractivity contribution in [1.29, 1.82) is 0 Å². The Labute approximate surface area is 113 Å². The topological polar surface area (TPSA) is 72.9 Å². The summed E-state index contributed by atoms with van der Waals surface area (Å²) in [7, 11) is 0. The molecule has 0 atom stereocenters. The maximum atomic E-state index is 11.7. The first kappa shape index (κ1) is 12.8. The van der Waals surface area contributed by atoms with E-state index in [1.165, 1.54) is 0 Å². The highest BCUT2D eigenvalue weighted by Crippen LogP contribution is 2.14. The van der Waals surface area contributed by atoms with E-state index in [1.54, 1.807) is 17.1 Å². The number of carbonyl (C=O) groups excluding carboxylic acids is 1. The number of nitrogens with one attached hydrogen (secondary N) is 1. The summed E-state index contributed by atoms with van der Waals surface area (Å²) >= 11 is 3.34. The zero-order valence-corrected chi connectivity index (χ0v) is 11.2. The number of halogens is 1. The van der Waals surface area contributed by atoms with Gasteiger partial charge in [-0.15, -0.1) is 0 Å². The molecule has 0 bridgehead atoms. The molecule has 2 aromatic rings. The van der Waals surface area contributed by atoms with Gasteiger partial charge >= 0.3 is 0 Å². The van der Waals surface area contributed by atoms with E-state index >= 15 is 0 Å². The van der Waals surface area contributed by atoms with E-state index in [1.807, 2.05) is 24.3 Å². The average Bonchev–Trinajstić information content (AvgIpc) is 2.79. The molecule has 2 rings (SSSR count). The molecule has 1 amide bonds. The Morgan fingerprint density at radius 1 is 1.39 bits per heavy atom. The van der Waals surface area contributed by atoms with Gasteiger partial charge in [-0.1, -0.05) is 15.9 Å². The Hall–Kier alpha value is -1.66. The van der Waals surface area contributed by atoms with Crippen LogP contribution in [0.4, 0.5) is 5.69 Å². The van der Waals surface area contributed by atoms with Crippen LogP contribution in [0.1, 0.15) is 5.56 Å². The first-order valence-corrected chi connectivity index (χ1v) is 6.23. The molecule has 0 fully saturated rings. The fourth-order valence-electron chi connectivity index (χ4n) is 1.48. The van der Waals surface area contributed by atoms with E-state index in [0.717, 1.165) is 15.7 Å². The lowest BCUT2D eigenvalue weighted by Gasteiger charge is -2.05. The maximum absolute atomic E-state index is 11.7. The number of nitrogens with zero attached hydrogens (tertiary/aromatic N) is 2. The fourth-order valence-corrected chi connectivity index (χ4v) is 1.74. The minimum atomic E-state index is -0.121. The number of amides is 1. The molecule has 0 aliphatic rings. The van der Waals surface area contributed by atoms with Crippen molar-refractivity contribution in [2.24, 2.45) is 5.73 Å². The smallest absolute Gasteiger partial charge is 0.246 e. The molecule has 1 aromatic heterocycles. The van der Waals surface area contributed by atoms with Crippen LogP contribution in [-0.2, 0) is 17.9 Å². The Morgan fingerprint density at radius 3 is 2.72 bits per heavy atom. The summed E-state index contributed by atoms with van der Waals surface area (Å²) in [5, 5.41) is 6.84. The summed E-state index contributed by atoms with van der Waals surface area (Å²) in [6.45, 7) is 0.602. The molecule has 0 aliphatic carbocycles. The summed E-state index contributed by atoms with van der Waals surface area (Å²) < 4.78 is 2.54. The largest absolute Gasteiger partial charge is 0.326 e. The van der Waals surface area contributed by atoms with Gasteiger partial charge in [0.2, 0.25) is 5.91 Å². The van der Waals surface area contributed by atoms with Crippen molar-refractivity contribution >= 4 is 27.5 Å². The number of aromatic nitrogens is 2. The molecule has 0 radical (unpaired) electrons. The Kier molecular flexibility index (Phi) is 4.11. The van der Waals surface area contributed by atoms with Crippen molar-refractivity contribution < 1.29 is 4.79 Å². The Balaban J connectivity index is 1.94. The molecule has 5 nitrogen and oxygen atoms in total. The highest BCUT2D eigenvalue weighted by molar-refractivity contribution is 9.10. The van der Waals surface area contributed by atoms with E-state index < -0.39 is 0 Å². The van der Waals surface area contributed by atoms with Gasteiger partial charge in [-0.3, -0.25) is 9.48 Å². The molecule has 0 unspecified atom stereocenters. The summed E-state index contributed by atoms with van der Waals surface area (Å²) in [5.74, 6) is -0.121. The summed E-state index contributed by atoms with van der Waals surface area (Å²) in [6.07, 6.45) is 3.42. The van der Waals surface area contributed by atoms with E-state index in [4.69, 9.17) is 5.73 Å². The van der Waals surface area contributed by atoms with Gasteiger partial charge in [0, 0.05) is 28.5 Å². The third-order valence-electron chi connectivity index (χ3n) is 2.36. The van der Waals surface area contributed by atoms with Crippen molar-refractivity contribution in [2.45, 2.75) is 13.1 Å². The zero-order valence-electron chi connectivity index (χ0n) is 9.64. The summed E-state index contributed by atoms with van der Waals surface area (Å²) in [4.78, 5) is 11.7. The van der Waals surface area contributed by atoms with Crippen LogP contribution in [-0.4, -0.2) is 15.7 Å². The predicted octanol–water partition coefficient (Wildman–Crippen LogP) is 1.74. The second kappa shape index (κ2) is 5.79. The lowest BCUT2D eigenvalue weighted by molar-refractivity contribution is -0.116. The van der Waals surface area contributed by atoms with Crippen LogP contribution in [0.3, 0.4) is 0 Å². The van der Waals surface area contributed by atoms with Gasteiger partial charge in [-0.25, -0.2) is 0 Å². The molecular weight excluding hydrogens is 296 g/mol. The molecular formula is C12H13BrN4O. The van der Waals surface area contributed by atoms with E-state index in [0.29, 0.717) is 6.54 Å². The molecule has 0 saturated carbocycles. The molecule has 6 heteroatoms. The minimum absolute atomic E-state index is 0.121. The van der Waals surface area contributed by atoms with Gasteiger partial charge < -0.3 is 11.1 Å². The molecule has 94 valence electrons. The maximum Gasteiger partial charge on any atom is 0.246 e. The molecule has 3 N–H and O–H groups in total. The van der Waals surface area contributed by atoms with E-state index in [9.17, 15) is 4.79 Å². The molecule has 1 aromatic carbocycles. The van der Waals surface area contributed by atoms with Crippen LogP contribution in [0.25, 0.3) is 0 Å². The molecule has 18 heavy (non-hydrogen) atoms. The molecule has 0 aliphatic heterocycles. The fraction of sp³-hybridized carbons (Fsp3) is 0.167. The van der Waals surface area contributed by atoms with Gasteiger partial charge in [0.1, 0.15) is 6.54 Å². The number of hydrogen-bond acceptors (Lipinski definition) is 3.